The summed E-state index contributed by atoms with van der Waals surface area (Å²) in [5.74, 6) is 0.206. The fraction of sp³-hybridized carbons (Fsp3) is 0. The van der Waals surface area contributed by atoms with Gasteiger partial charge in [-0.3, -0.25) is 4.55 Å². The third-order valence-corrected chi connectivity index (χ3v) is 1.89. The Morgan fingerprint density at radius 2 is 2.00 bits per heavy atom. The monoisotopic (exact) mass is 210 g/mol. The summed E-state index contributed by atoms with van der Waals surface area (Å²) in [5.41, 5.74) is 5.18. The maximum Gasteiger partial charge on any atom is 0.296 e. The summed E-state index contributed by atoms with van der Waals surface area (Å²) in [6, 6.07) is 2.47. The third kappa shape index (κ3) is 2.65. The van der Waals surface area contributed by atoms with Crippen LogP contribution in [0.2, 0.25) is 0 Å². The van der Waals surface area contributed by atoms with Crippen molar-refractivity contribution in [3.05, 3.63) is 18.3 Å². The van der Waals surface area contributed by atoms with E-state index in [9.17, 15) is 8.42 Å². The number of anilines is 1. The SMILES string of the molecule is Cl.Nc1ccc(S(=O)(=O)O)cn1. The van der Waals surface area contributed by atoms with E-state index < -0.39 is 10.1 Å². The lowest BCUT2D eigenvalue weighted by Gasteiger charge is -1.94. The van der Waals surface area contributed by atoms with Crippen molar-refractivity contribution in [3.63, 3.8) is 0 Å². The standard InChI is InChI=1S/C5H6N2O3S.ClH/c6-5-2-1-4(3-7-5)11(8,9)10;/h1-3H,(H2,6,7)(H,8,9,10);1H. The quantitative estimate of drug-likeness (QED) is 0.652. The highest BCUT2D eigenvalue weighted by atomic mass is 35.5. The number of aromatic nitrogens is 1. The van der Waals surface area contributed by atoms with Gasteiger partial charge >= 0.3 is 0 Å². The molecule has 68 valence electrons. The lowest BCUT2D eigenvalue weighted by molar-refractivity contribution is 0.483. The van der Waals surface area contributed by atoms with Gasteiger partial charge in [-0.05, 0) is 12.1 Å². The summed E-state index contributed by atoms with van der Waals surface area (Å²) in [6.45, 7) is 0. The summed E-state index contributed by atoms with van der Waals surface area (Å²) in [4.78, 5) is 3.23. The molecule has 7 heteroatoms. The van der Waals surface area contributed by atoms with Crippen molar-refractivity contribution in [2.75, 3.05) is 5.73 Å². The zero-order valence-corrected chi connectivity index (χ0v) is 7.47. The predicted molar refractivity (Wildman–Crippen MR) is 45.7 cm³/mol. The molecule has 0 spiro atoms. The van der Waals surface area contributed by atoms with E-state index in [1.54, 1.807) is 0 Å². The first-order valence-electron chi connectivity index (χ1n) is 2.69. The molecule has 12 heavy (non-hydrogen) atoms. The molecule has 0 aliphatic heterocycles. The summed E-state index contributed by atoms with van der Waals surface area (Å²) < 4.78 is 29.3. The molecule has 1 aromatic rings. The molecule has 0 aliphatic carbocycles. The van der Waals surface area contributed by atoms with Gasteiger partial charge in [0.05, 0.1) is 6.20 Å². The second kappa shape index (κ2) is 3.70. The molecule has 5 nitrogen and oxygen atoms in total. The van der Waals surface area contributed by atoms with Gasteiger partial charge in [0.15, 0.2) is 0 Å². The van der Waals surface area contributed by atoms with Gasteiger partial charge in [-0.1, -0.05) is 0 Å². The van der Waals surface area contributed by atoms with E-state index in [-0.39, 0.29) is 23.1 Å². The zero-order valence-electron chi connectivity index (χ0n) is 5.84. The lowest BCUT2D eigenvalue weighted by Crippen LogP contribution is -1.99. The zero-order chi connectivity index (χ0) is 8.48. The van der Waals surface area contributed by atoms with Gasteiger partial charge in [-0.2, -0.15) is 8.42 Å². The number of hydrogen-bond acceptors (Lipinski definition) is 4. The number of halogens is 1. The van der Waals surface area contributed by atoms with Crippen molar-refractivity contribution in [2.45, 2.75) is 4.90 Å². The number of hydrogen-bond donors (Lipinski definition) is 2. The van der Waals surface area contributed by atoms with Crippen molar-refractivity contribution in [3.8, 4) is 0 Å². The fourth-order valence-corrected chi connectivity index (χ4v) is 0.970. The molecular weight excluding hydrogens is 204 g/mol. The van der Waals surface area contributed by atoms with Crippen LogP contribution in [0.25, 0.3) is 0 Å². The van der Waals surface area contributed by atoms with Crippen LogP contribution in [0.15, 0.2) is 23.2 Å². The molecule has 0 aromatic carbocycles. The summed E-state index contributed by atoms with van der Waals surface area (Å²) in [5, 5.41) is 0. The molecular formula is C5H7ClN2O3S. The predicted octanol–water partition coefficient (Wildman–Crippen LogP) is 0.332. The molecule has 0 saturated heterocycles. The van der Waals surface area contributed by atoms with Crippen molar-refractivity contribution in [2.24, 2.45) is 0 Å². The van der Waals surface area contributed by atoms with Crippen LogP contribution in [-0.4, -0.2) is 18.0 Å². The van der Waals surface area contributed by atoms with E-state index in [0.29, 0.717) is 0 Å². The van der Waals surface area contributed by atoms with E-state index in [4.69, 9.17) is 10.3 Å². The molecule has 0 fully saturated rings. The van der Waals surface area contributed by atoms with E-state index in [0.717, 1.165) is 6.20 Å². The second-order valence-electron chi connectivity index (χ2n) is 1.89. The summed E-state index contributed by atoms with van der Waals surface area (Å²) in [7, 11) is -4.14. The van der Waals surface area contributed by atoms with Crippen LogP contribution in [0.4, 0.5) is 5.82 Å². The summed E-state index contributed by atoms with van der Waals surface area (Å²) in [6.07, 6.45) is 0.991. The topological polar surface area (TPSA) is 93.3 Å². The molecule has 0 atom stereocenters. The van der Waals surface area contributed by atoms with Crippen molar-refractivity contribution in [1.29, 1.82) is 0 Å². The van der Waals surface area contributed by atoms with Crippen LogP contribution < -0.4 is 5.73 Å². The molecule has 1 heterocycles. The van der Waals surface area contributed by atoms with Crippen molar-refractivity contribution >= 4 is 28.3 Å². The Hall–Kier alpha value is -0.850. The minimum Gasteiger partial charge on any atom is -0.384 e. The first-order valence-corrected chi connectivity index (χ1v) is 4.13. The number of nitrogens with two attached hydrogens (primary N) is 1. The van der Waals surface area contributed by atoms with Gasteiger partial charge in [0, 0.05) is 0 Å². The Morgan fingerprint density at radius 3 is 2.33 bits per heavy atom. The molecule has 0 unspecified atom stereocenters. The number of nitrogens with zero attached hydrogens (tertiary/aromatic N) is 1. The van der Waals surface area contributed by atoms with Crippen molar-refractivity contribution in [1.82, 2.24) is 4.98 Å². The number of nitrogen functional groups attached to an aromatic ring is 1. The largest absolute Gasteiger partial charge is 0.384 e. The highest BCUT2D eigenvalue weighted by molar-refractivity contribution is 7.85. The Morgan fingerprint density at radius 1 is 1.42 bits per heavy atom. The maximum absolute atomic E-state index is 10.4. The first-order chi connectivity index (χ1) is 5.00. The molecule has 1 aromatic heterocycles. The van der Waals surface area contributed by atoms with Crippen LogP contribution in [0, 0.1) is 0 Å². The minimum absolute atomic E-state index is 0. The molecule has 0 radical (unpaired) electrons. The average molecular weight is 211 g/mol. The summed E-state index contributed by atoms with van der Waals surface area (Å²) >= 11 is 0. The van der Waals surface area contributed by atoms with Crippen LogP contribution in [0.3, 0.4) is 0 Å². The molecule has 3 N–H and O–H groups in total. The van der Waals surface area contributed by atoms with Crippen LogP contribution in [0.5, 0.6) is 0 Å². The van der Waals surface area contributed by atoms with Gasteiger partial charge < -0.3 is 5.73 Å². The van der Waals surface area contributed by atoms with E-state index in [1.807, 2.05) is 0 Å². The molecule has 0 aliphatic rings. The molecule has 1 rings (SSSR count). The van der Waals surface area contributed by atoms with Gasteiger partial charge in [-0.15, -0.1) is 12.4 Å². The van der Waals surface area contributed by atoms with Gasteiger partial charge in [0.2, 0.25) is 0 Å². The highest BCUT2D eigenvalue weighted by Gasteiger charge is 2.07. The van der Waals surface area contributed by atoms with E-state index in [1.165, 1.54) is 12.1 Å². The minimum atomic E-state index is -4.14. The van der Waals surface area contributed by atoms with Gasteiger partial charge in [-0.25, -0.2) is 4.98 Å². The third-order valence-electron chi connectivity index (χ3n) is 1.06. The highest BCUT2D eigenvalue weighted by Crippen LogP contribution is 2.06. The van der Waals surface area contributed by atoms with E-state index >= 15 is 0 Å². The van der Waals surface area contributed by atoms with Gasteiger partial charge in [0.25, 0.3) is 10.1 Å². The Bertz CT molecular complexity index is 347. The Balaban J connectivity index is 0.00000121. The van der Waals surface area contributed by atoms with Gasteiger partial charge in [0.1, 0.15) is 10.7 Å². The second-order valence-corrected chi connectivity index (χ2v) is 3.32. The molecule has 0 amide bonds. The van der Waals surface area contributed by atoms with Crippen LogP contribution >= 0.6 is 12.4 Å². The smallest absolute Gasteiger partial charge is 0.296 e. The fourth-order valence-electron chi connectivity index (χ4n) is 0.544. The Labute approximate surface area is 75.8 Å². The number of pyridine rings is 1. The average Bonchev–Trinajstić information content (AvgIpc) is 1.86. The first kappa shape index (κ1) is 11.2. The molecule has 0 saturated carbocycles. The lowest BCUT2D eigenvalue weighted by atomic mass is 10.5. The van der Waals surface area contributed by atoms with Crippen LogP contribution in [-0.2, 0) is 10.1 Å². The van der Waals surface area contributed by atoms with Crippen LogP contribution in [0.1, 0.15) is 0 Å². The van der Waals surface area contributed by atoms with Crippen molar-refractivity contribution < 1.29 is 13.0 Å². The van der Waals surface area contributed by atoms with E-state index in [2.05, 4.69) is 4.98 Å². The molecule has 0 bridgehead atoms. The normalized spacial score (nSPS) is 10.4. The number of rotatable bonds is 1. The Kier molecular flexibility index (Phi) is 3.44. The maximum atomic E-state index is 10.4.